The second-order valence-corrected chi connectivity index (χ2v) is 6.13. The number of nitrogens with zero attached hydrogens (tertiary/aromatic N) is 1. The zero-order chi connectivity index (χ0) is 15.4. The van der Waals surface area contributed by atoms with Crippen LogP contribution in [0.25, 0.3) is 0 Å². The number of phenols is 1. The summed E-state index contributed by atoms with van der Waals surface area (Å²) < 4.78 is 1.06. The lowest BCUT2D eigenvalue weighted by Gasteiger charge is -2.05. The highest BCUT2D eigenvalue weighted by Crippen LogP contribution is 2.30. The molecule has 2 N–H and O–H groups in total. The highest BCUT2D eigenvalue weighted by Gasteiger charge is 2.14. The number of hydrogen-bond acceptors (Lipinski definition) is 3. The van der Waals surface area contributed by atoms with Crippen LogP contribution in [-0.4, -0.2) is 17.2 Å². The van der Waals surface area contributed by atoms with Crippen molar-refractivity contribution in [3.63, 3.8) is 0 Å². The van der Waals surface area contributed by atoms with E-state index in [9.17, 15) is 9.90 Å². The molecule has 0 spiro atoms. The van der Waals surface area contributed by atoms with Gasteiger partial charge in [0.25, 0.3) is 5.91 Å². The van der Waals surface area contributed by atoms with Gasteiger partial charge in [0, 0.05) is 8.59 Å². The van der Waals surface area contributed by atoms with E-state index in [1.54, 1.807) is 0 Å². The Labute approximate surface area is 144 Å². The van der Waals surface area contributed by atoms with Crippen LogP contribution in [0.5, 0.6) is 5.75 Å². The smallest absolute Gasteiger partial charge is 0.275 e. The van der Waals surface area contributed by atoms with Gasteiger partial charge in [0.05, 0.1) is 16.8 Å². The SMILES string of the molecule is O=C(N/N=C\c1cccc(I)c1)c1cc(Cl)cc(Cl)c1O. The maximum absolute atomic E-state index is 11.9. The van der Waals surface area contributed by atoms with Crippen LogP contribution in [0.1, 0.15) is 15.9 Å². The minimum atomic E-state index is -0.598. The molecule has 7 heteroatoms. The molecule has 2 aromatic carbocycles. The summed E-state index contributed by atoms with van der Waals surface area (Å²) in [4.78, 5) is 11.9. The largest absolute Gasteiger partial charge is 0.506 e. The van der Waals surface area contributed by atoms with Gasteiger partial charge in [0.1, 0.15) is 5.75 Å². The summed E-state index contributed by atoms with van der Waals surface area (Å²) in [5.41, 5.74) is 3.12. The van der Waals surface area contributed by atoms with Crippen LogP contribution in [-0.2, 0) is 0 Å². The fourth-order valence-electron chi connectivity index (χ4n) is 1.55. The van der Waals surface area contributed by atoms with Crippen LogP contribution < -0.4 is 5.43 Å². The molecule has 0 radical (unpaired) electrons. The first-order chi connectivity index (χ1) is 9.97. The van der Waals surface area contributed by atoms with E-state index in [2.05, 4.69) is 33.1 Å². The molecule has 0 aliphatic rings. The Morgan fingerprint density at radius 1 is 1.29 bits per heavy atom. The quantitative estimate of drug-likeness (QED) is 0.434. The Hall–Kier alpha value is -1.31. The average Bonchev–Trinajstić information content (AvgIpc) is 2.42. The highest BCUT2D eigenvalue weighted by molar-refractivity contribution is 14.1. The summed E-state index contributed by atoms with van der Waals surface area (Å²) in [6, 6.07) is 10.3. The summed E-state index contributed by atoms with van der Waals surface area (Å²) >= 11 is 13.7. The predicted molar refractivity (Wildman–Crippen MR) is 92.3 cm³/mol. The van der Waals surface area contributed by atoms with Crippen molar-refractivity contribution in [2.75, 3.05) is 0 Å². The van der Waals surface area contributed by atoms with Gasteiger partial charge in [0.2, 0.25) is 0 Å². The molecule has 0 saturated carbocycles. The van der Waals surface area contributed by atoms with Crippen molar-refractivity contribution in [3.8, 4) is 5.75 Å². The Bertz CT molecular complexity index is 720. The Balaban J connectivity index is 2.12. The van der Waals surface area contributed by atoms with Crippen LogP contribution in [0, 0.1) is 3.57 Å². The molecule has 4 nitrogen and oxygen atoms in total. The third-order valence-electron chi connectivity index (χ3n) is 2.50. The Kier molecular flexibility index (Phi) is 5.44. The molecule has 0 saturated heterocycles. The van der Waals surface area contributed by atoms with Gasteiger partial charge < -0.3 is 5.11 Å². The van der Waals surface area contributed by atoms with Crippen LogP contribution in [0.4, 0.5) is 0 Å². The summed E-state index contributed by atoms with van der Waals surface area (Å²) in [5.74, 6) is -0.929. The molecule has 0 unspecified atom stereocenters. The first-order valence-corrected chi connectivity index (χ1v) is 7.58. The highest BCUT2D eigenvalue weighted by atomic mass is 127. The first-order valence-electron chi connectivity index (χ1n) is 5.74. The van der Waals surface area contributed by atoms with E-state index in [-0.39, 0.29) is 21.4 Å². The second kappa shape index (κ2) is 7.11. The summed E-state index contributed by atoms with van der Waals surface area (Å²) in [7, 11) is 0. The number of amides is 1. The van der Waals surface area contributed by atoms with Crippen molar-refractivity contribution in [1.82, 2.24) is 5.43 Å². The van der Waals surface area contributed by atoms with Crippen LogP contribution in [0.3, 0.4) is 0 Å². The van der Waals surface area contributed by atoms with Gasteiger partial charge in [-0.15, -0.1) is 0 Å². The first kappa shape index (κ1) is 16.1. The minimum absolute atomic E-state index is 0.00856. The molecule has 0 fully saturated rings. The molecule has 2 aromatic rings. The van der Waals surface area contributed by atoms with Crippen molar-refractivity contribution in [1.29, 1.82) is 0 Å². The van der Waals surface area contributed by atoms with Crippen molar-refractivity contribution in [2.45, 2.75) is 0 Å². The van der Waals surface area contributed by atoms with E-state index in [0.717, 1.165) is 9.13 Å². The molecule has 0 atom stereocenters. The molecule has 108 valence electrons. The molecule has 0 bridgehead atoms. The molecular weight excluding hydrogens is 426 g/mol. The number of rotatable bonds is 3. The number of phenolic OH excluding ortho intramolecular Hbond substituents is 1. The Morgan fingerprint density at radius 2 is 2.05 bits per heavy atom. The van der Waals surface area contributed by atoms with E-state index in [1.807, 2.05) is 24.3 Å². The number of nitrogens with one attached hydrogen (secondary N) is 1. The van der Waals surface area contributed by atoms with Gasteiger partial charge in [-0.2, -0.15) is 5.10 Å². The molecule has 0 aliphatic heterocycles. The molecule has 0 heterocycles. The fourth-order valence-corrected chi connectivity index (χ4v) is 2.61. The Morgan fingerprint density at radius 3 is 2.76 bits per heavy atom. The third-order valence-corrected chi connectivity index (χ3v) is 3.68. The summed E-state index contributed by atoms with van der Waals surface area (Å²) in [5, 5.41) is 13.8. The summed E-state index contributed by atoms with van der Waals surface area (Å²) in [6.45, 7) is 0. The van der Waals surface area contributed by atoms with Crippen molar-refractivity contribution in [3.05, 3.63) is 61.1 Å². The number of carbonyl (C=O) groups excluding carboxylic acids is 1. The molecule has 2 rings (SSSR count). The maximum Gasteiger partial charge on any atom is 0.275 e. The average molecular weight is 435 g/mol. The molecule has 0 aliphatic carbocycles. The summed E-state index contributed by atoms with van der Waals surface area (Å²) in [6.07, 6.45) is 1.50. The third kappa shape index (κ3) is 4.33. The topological polar surface area (TPSA) is 61.7 Å². The lowest BCUT2D eigenvalue weighted by molar-refractivity contribution is 0.0952. The van der Waals surface area contributed by atoms with Gasteiger partial charge in [-0.3, -0.25) is 4.79 Å². The molecule has 21 heavy (non-hydrogen) atoms. The zero-order valence-electron chi connectivity index (χ0n) is 10.5. The predicted octanol–water partition coefficient (Wildman–Crippen LogP) is 4.07. The lowest BCUT2D eigenvalue weighted by atomic mass is 10.2. The van der Waals surface area contributed by atoms with Crippen LogP contribution >= 0.6 is 45.8 Å². The van der Waals surface area contributed by atoms with Crippen LogP contribution in [0.2, 0.25) is 10.0 Å². The zero-order valence-corrected chi connectivity index (χ0v) is 14.1. The number of carbonyl (C=O) groups is 1. The fraction of sp³-hybridized carbons (Fsp3) is 0. The van der Waals surface area contributed by atoms with E-state index < -0.39 is 5.91 Å². The van der Waals surface area contributed by atoms with Gasteiger partial charge in [0.15, 0.2) is 0 Å². The number of benzene rings is 2. The van der Waals surface area contributed by atoms with Gasteiger partial charge in [-0.1, -0.05) is 35.3 Å². The molecule has 0 aromatic heterocycles. The number of halogens is 3. The normalized spacial score (nSPS) is 10.8. The van der Waals surface area contributed by atoms with Crippen molar-refractivity contribution in [2.24, 2.45) is 5.10 Å². The number of hydrazone groups is 1. The van der Waals surface area contributed by atoms with Gasteiger partial charge in [-0.25, -0.2) is 5.43 Å². The maximum atomic E-state index is 11.9. The minimum Gasteiger partial charge on any atom is -0.506 e. The van der Waals surface area contributed by atoms with E-state index >= 15 is 0 Å². The van der Waals surface area contributed by atoms with Crippen molar-refractivity contribution < 1.29 is 9.90 Å². The van der Waals surface area contributed by atoms with Crippen molar-refractivity contribution >= 4 is 57.9 Å². The van der Waals surface area contributed by atoms with Crippen LogP contribution in [0.15, 0.2) is 41.5 Å². The standard InChI is InChI=1S/C14H9Cl2IN2O2/c15-9-5-11(13(20)12(16)6-9)14(21)19-18-7-8-2-1-3-10(17)4-8/h1-7,20H,(H,19,21)/b18-7-. The van der Waals surface area contributed by atoms with E-state index in [0.29, 0.717) is 0 Å². The van der Waals surface area contributed by atoms with Gasteiger partial charge >= 0.3 is 0 Å². The lowest BCUT2D eigenvalue weighted by Crippen LogP contribution is -2.17. The second-order valence-electron chi connectivity index (χ2n) is 4.04. The molecular formula is C14H9Cl2IN2O2. The molecule has 1 amide bonds. The number of aromatic hydroxyl groups is 1. The van der Waals surface area contributed by atoms with Gasteiger partial charge in [-0.05, 0) is 52.4 Å². The monoisotopic (exact) mass is 434 g/mol. The van der Waals surface area contributed by atoms with E-state index in [4.69, 9.17) is 23.2 Å². The number of hydrogen-bond donors (Lipinski definition) is 2. The van der Waals surface area contributed by atoms with E-state index in [1.165, 1.54) is 18.3 Å².